The van der Waals surface area contributed by atoms with Crippen molar-refractivity contribution in [3.05, 3.63) is 32.0 Å². The third kappa shape index (κ3) is 2.84. The smallest absolute Gasteiger partial charge is 0.222 e. The topological polar surface area (TPSA) is 63.8 Å². The number of nitrogens with two attached hydrogens (primary N) is 1. The fourth-order valence-corrected chi connectivity index (χ4v) is 2.67. The van der Waals surface area contributed by atoms with Crippen molar-refractivity contribution >= 4 is 50.6 Å². The molecule has 0 fully saturated rings. The largest absolute Gasteiger partial charge is 0.368 e. The number of nitrogen functional groups attached to an aromatic ring is 1. The first kappa shape index (κ1) is 11.6. The Morgan fingerprint density at radius 1 is 1.56 bits per heavy atom. The van der Waals surface area contributed by atoms with E-state index < -0.39 is 0 Å². The molecule has 0 unspecified atom stereocenters. The molecular formula is C9H8BrClN4S. The highest BCUT2D eigenvalue weighted by molar-refractivity contribution is 9.10. The maximum absolute atomic E-state index is 5.92. The van der Waals surface area contributed by atoms with Crippen molar-refractivity contribution in [3.8, 4) is 0 Å². The van der Waals surface area contributed by atoms with Gasteiger partial charge in [-0.25, -0.2) is 4.98 Å². The number of rotatable bonds is 3. The number of thiophene rings is 1. The molecule has 16 heavy (non-hydrogen) atoms. The predicted octanol–water partition coefficient (Wildman–Crippen LogP) is 3.15. The molecule has 4 nitrogen and oxygen atoms in total. The van der Waals surface area contributed by atoms with Crippen molar-refractivity contribution in [2.75, 3.05) is 11.1 Å². The molecule has 2 aromatic rings. The van der Waals surface area contributed by atoms with Gasteiger partial charge in [-0.05, 0) is 22.0 Å². The van der Waals surface area contributed by atoms with Crippen LogP contribution >= 0.6 is 38.9 Å². The van der Waals surface area contributed by atoms with Crippen LogP contribution in [0.3, 0.4) is 0 Å². The Labute approximate surface area is 110 Å². The summed E-state index contributed by atoms with van der Waals surface area (Å²) in [6.07, 6.45) is 1.48. The zero-order valence-electron chi connectivity index (χ0n) is 8.08. The van der Waals surface area contributed by atoms with E-state index in [-0.39, 0.29) is 5.95 Å². The fraction of sp³-hybridized carbons (Fsp3) is 0.111. The second-order valence-corrected chi connectivity index (χ2v) is 5.33. The molecule has 0 bridgehead atoms. The van der Waals surface area contributed by atoms with Crippen molar-refractivity contribution in [3.63, 3.8) is 0 Å². The number of nitrogens with zero attached hydrogens (tertiary/aromatic N) is 2. The fourth-order valence-electron chi connectivity index (χ4n) is 1.12. The van der Waals surface area contributed by atoms with E-state index in [9.17, 15) is 0 Å². The SMILES string of the molecule is Nc1ncc(Cl)c(NCc2cc(Br)cs2)n1. The van der Waals surface area contributed by atoms with E-state index in [4.69, 9.17) is 17.3 Å². The van der Waals surface area contributed by atoms with Crippen LogP contribution in [-0.4, -0.2) is 9.97 Å². The third-order valence-electron chi connectivity index (χ3n) is 1.81. The lowest BCUT2D eigenvalue weighted by atomic mass is 10.4. The Kier molecular flexibility index (Phi) is 3.63. The van der Waals surface area contributed by atoms with Gasteiger partial charge in [-0.15, -0.1) is 11.3 Å². The zero-order valence-corrected chi connectivity index (χ0v) is 11.2. The van der Waals surface area contributed by atoms with Gasteiger partial charge in [0.05, 0.1) is 12.7 Å². The molecule has 2 rings (SSSR count). The number of halogens is 2. The van der Waals surface area contributed by atoms with Crippen LogP contribution < -0.4 is 11.1 Å². The van der Waals surface area contributed by atoms with Crippen LogP contribution in [0.1, 0.15) is 4.88 Å². The summed E-state index contributed by atoms with van der Waals surface area (Å²) in [7, 11) is 0. The lowest BCUT2D eigenvalue weighted by molar-refractivity contribution is 1.11. The summed E-state index contributed by atoms with van der Waals surface area (Å²) in [4.78, 5) is 8.98. The van der Waals surface area contributed by atoms with Gasteiger partial charge in [-0.3, -0.25) is 0 Å². The van der Waals surface area contributed by atoms with Crippen LogP contribution in [0.2, 0.25) is 5.02 Å². The quantitative estimate of drug-likeness (QED) is 0.912. The van der Waals surface area contributed by atoms with Crippen molar-refractivity contribution in [1.29, 1.82) is 0 Å². The minimum atomic E-state index is 0.208. The average Bonchev–Trinajstić information content (AvgIpc) is 2.66. The molecule has 0 radical (unpaired) electrons. The van der Waals surface area contributed by atoms with Gasteiger partial charge in [0.2, 0.25) is 5.95 Å². The summed E-state index contributed by atoms with van der Waals surface area (Å²) < 4.78 is 1.07. The van der Waals surface area contributed by atoms with Crippen LogP contribution in [0.5, 0.6) is 0 Å². The summed E-state index contributed by atoms with van der Waals surface area (Å²) in [5.41, 5.74) is 5.47. The molecule has 0 aliphatic carbocycles. The van der Waals surface area contributed by atoms with Crippen LogP contribution in [0.4, 0.5) is 11.8 Å². The van der Waals surface area contributed by atoms with Crippen molar-refractivity contribution in [2.45, 2.75) is 6.54 Å². The Hall–Kier alpha value is -0.850. The van der Waals surface area contributed by atoms with E-state index in [0.717, 1.165) is 4.47 Å². The molecule has 2 aromatic heterocycles. The Balaban J connectivity index is 2.07. The summed E-state index contributed by atoms with van der Waals surface area (Å²) in [6, 6.07) is 2.04. The number of nitrogens with one attached hydrogen (secondary N) is 1. The second-order valence-electron chi connectivity index (χ2n) is 3.01. The van der Waals surface area contributed by atoms with Gasteiger partial charge >= 0.3 is 0 Å². The maximum atomic E-state index is 5.92. The van der Waals surface area contributed by atoms with Gasteiger partial charge in [0, 0.05) is 14.7 Å². The van der Waals surface area contributed by atoms with Crippen LogP contribution in [0, 0.1) is 0 Å². The Morgan fingerprint density at radius 3 is 3.06 bits per heavy atom. The van der Waals surface area contributed by atoms with Gasteiger partial charge in [0.25, 0.3) is 0 Å². The van der Waals surface area contributed by atoms with Crippen LogP contribution in [0.15, 0.2) is 22.1 Å². The molecule has 0 aromatic carbocycles. The third-order valence-corrected chi connectivity index (χ3v) is 3.79. The first-order valence-corrected chi connectivity index (χ1v) is 6.45. The van der Waals surface area contributed by atoms with E-state index in [0.29, 0.717) is 17.4 Å². The maximum Gasteiger partial charge on any atom is 0.222 e. The normalized spacial score (nSPS) is 10.4. The lowest BCUT2D eigenvalue weighted by Gasteiger charge is -2.05. The molecule has 0 spiro atoms. The highest BCUT2D eigenvalue weighted by atomic mass is 79.9. The molecule has 0 amide bonds. The van der Waals surface area contributed by atoms with E-state index in [1.54, 1.807) is 11.3 Å². The van der Waals surface area contributed by atoms with Gasteiger partial charge in [-0.1, -0.05) is 11.6 Å². The van der Waals surface area contributed by atoms with E-state index in [1.165, 1.54) is 11.1 Å². The first-order chi connectivity index (χ1) is 7.65. The summed E-state index contributed by atoms with van der Waals surface area (Å²) in [5, 5.41) is 5.59. The van der Waals surface area contributed by atoms with Gasteiger partial charge in [0.1, 0.15) is 5.02 Å². The molecule has 0 atom stereocenters. The van der Waals surface area contributed by atoms with Gasteiger partial charge in [0.15, 0.2) is 5.82 Å². The Morgan fingerprint density at radius 2 is 2.38 bits per heavy atom. The van der Waals surface area contributed by atoms with Crippen molar-refractivity contribution in [2.24, 2.45) is 0 Å². The zero-order chi connectivity index (χ0) is 11.5. The standard InChI is InChI=1S/C9H8BrClN4S/c10-5-1-6(16-4-5)2-13-8-7(11)3-14-9(12)15-8/h1,3-4H,2H2,(H3,12,13,14,15). The molecule has 2 heterocycles. The minimum Gasteiger partial charge on any atom is -0.368 e. The van der Waals surface area contributed by atoms with Gasteiger partial charge in [-0.2, -0.15) is 4.98 Å². The van der Waals surface area contributed by atoms with Crippen molar-refractivity contribution in [1.82, 2.24) is 9.97 Å². The molecule has 0 saturated carbocycles. The number of anilines is 2. The number of aromatic nitrogens is 2. The van der Waals surface area contributed by atoms with Crippen LogP contribution in [-0.2, 0) is 6.54 Å². The average molecular weight is 320 g/mol. The molecule has 0 saturated heterocycles. The van der Waals surface area contributed by atoms with Gasteiger partial charge < -0.3 is 11.1 Å². The summed E-state index contributed by atoms with van der Waals surface area (Å²) >= 11 is 11.0. The monoisotopic (exact) mass is 318 g/mol. The van der Waals surface area contributed by atoms with E-state index in [2.05, 4.69) is 31.2 Å². The highest BCUT2D eigenvalue weighted by Crippen LogP contribution is 2.23. The van der Waals surface area contributed by atoms with E-state index in [1.807, 2.05) is 11.4 Å². The van der Waals surface area contributed by atoms with Crippen molar-refractivity contribution < 1.29 is 0 Å². The minimum absolute atomic E-state index is 0.208. The Bertz CT molecular complexity index is 502. The van der Waals surface area contributed by atoms with E-state index >= 15 is 0 Å². The number of hydrogen-bond donors (Lipinski definition) is 2. The highest BCUT2D eigenvalue weighted by Gasteiger charge is 2.04. The molecular weight excluding hydrogens is 312 g/mol. The second kappa shape index (κ2) is 4.99. The summed E-state index contributed by atoms with van der Waals surface area (Å²) in [5.74, 6) is 0.762. The summed E-state index contributed by atoms with van der Waals surface area (Å²) in [6.45, 7) is 0.659. The predicted molar refractivity (Wildman–Crippen MR) is 70.8 cm³/mol. The molecule has 3 N–H and O–H groups in total. The molecule has 0 aliphatic rings. The first-order valence-electron chi connectivity index (χ1n) is 4.40. The molecule has 0 aliphatic heterocycles. The molecule has 84 valence electrons. The molecule has 7 heteroatoms. The number of hydrogen-bond acceptors (Lipinski definition) is 5. The van der Waals surface area contributed by atoms with Crippen LogP contribution in [0.25, 0.3) is 0 Å². The lowest BCUT2D eigenvalue weighted by Crippen LogP contribution is -2.03.